The van der Waals surface area contributed by atoms with E-state index in [1.807, 2.05) is 36.0 Å². The van der Waals surface area contributed by atoms with Gasteiger partial charge in [-0.3, -0.25) is 4.79 Å². The quantitative estimate of drug-likeness (QED) is 0.798. The summed E-state index contributed by atoms with van der Waals surface area (Å²) in [6.07, 6.45) is 7.03. The summed E-state index contributed by atoms with van der Waals surface area (Å²) in [5, 5.41) is 5.93. The molecule has 2 aromatic rings. The number of fused-ring (bicyclic) bond motifs is 1. The van der Waals surface area contributed by atoms with E-state index in [2.05, 4.69) is 15.6 Å². The summed E-state index contributed by atoms with van der Waals surface area (Å²) in [5.41, 5.74) is 1.97. The molecule has 2 aromatic heterocycles. The molecule has 2 rings (SSSR count). The third-order valence-corrected chi connectivity index (χ3v) is 2.78. The number of carbonyl (C=O) groups excluding carboxylic acids is 1. The first kappa shape index (κ1) is 18.7. The molecule has 20 heavy (non-hydrogen) atoms. The summed E-state index contributed by atoms with van der Waals surface area (Å²) in [6, 6.07) is 3.97. The van der Waals surface area contributed by atoms with Crippen molar-refractivity contribution in [3.05, 3.63) is 36.3 Å². The van der Waals surface area contributed by atoms with Crippen LogP contribution in [0.4, 0.5) is 0 Å². The average molecular weight is 319 g/mol. The number of amides is 1. The summed E-state index contributed by atoms with van der Waals surface area (Å²) in [6.45, 7) is 1.43. The Morgan fingerprint density at radius 2 is 2.15 bits per heavy atom. The van der Waals surface area contributed by atoms with E-state index < -0.39 is 0 Å². The molecule has 0 spiro atoms. The van der Waals surface area contributed by atoms with Crippen molar-refractivity contribution in [2.75, 3.05) is 13.6 Å². The number of hydrogen-bond donors (Lipinski definition) is 2. The Kier molecular flexibility index (Phi) is 8.96. The minimum Gasteiger partial charge on any atom is -0.352 e. The molecule has 0 radical (unpaired) electrons. The lowest BCUT2D eigenvalue weighted by Gasteiger charge is -2.05. The van der Waals surface area contributed by atoms with Crippen molar-refractivity contribution >= 4 is 36.4 Å². The Morgan fingerprint density at radius 3 is 2.90 bits per heavy atom. The van der Waals surface area contributed by atoms with Gasteiger partial charge < -0.3 is 15.0 Å². The predicted octanol–water partition coefficient (Wildman–Crippen LogP) is 1.79. The third kappa shape index (κ3) is 5.36. The molecule has 0 aliphatic rings. The Balaban J connectivity index is 0.00000180. The van der Waals surface area contributed by atoms with Crippen molar-refractivity contribution in [3.63, 3.8) is 0 Å². The van der Waals surface area contributed by atoms with E-state index in [9.17, 15) is 4.79 Å². The van der Waals surface area contributed by atoms with E-state index in [0.29, 0.717) is 13.0 Å². The van der Waals surface area contributed by atoms with Crippen LogP contribution in [0.5, 0.6) is 0 Å². The number of pyridine rings is 1. The number of carbonyl (C=O) groups is 1. The number of hydrogen-bond acceptors (Lipinski definition) is 3. The van der Waals surface area contributed by atoms with Gasteiger partial charge in [-0.15, -0.1) is 24.8 Å². The second kappa shape index (κ2) is 9.58. The van der Waals surface area contributed by atoms with Crippen molar-refractivity contribution in [3.8, 4) is 0 Å². The number of aromatic nitrogens is 2. The molecule has 0 bridgehead atoms. The molecule has 2 N–H and O–H groups in total. The van der Waals surface area contributed by atoms with Crippen LogP contribution in [0.3, 0.4) is 0 Å². The molecule has 7 heteroatoms. The fraction of sp³-hybridized carbons (Fsp3) is 0.385. The lowest BCUT2D eigenvalue weighted by molar-refractivity contribution is -0.121. The smallest absolute Gasteiger partial charge is 0.220 e. The molecule has 0 fully saturated rings. The lowest BCUT2D eigenvalue weighted by atomic mass is 10.2. The van der Waals surface area contributed by atoms with Gasteiger partial charge in [-0.05, 0) is 37.7 Å². The molecular formula is C13H20Cl2N4O. The van der Waals surface area contributed by atoms with Crippen LogP contribution in [0.2, 0.25) is 0 Å². The summed E-state index contributed by atoms with van der Waals surface area (Å²) in [4.78, 5) is 15.8. The van der Waals surface area contributed by atoms with Crippen LogP contribution in [-0.2, 0) is 11.3 Å². The first-order valence-electron chi connectivity index (χ1n) is 6.12. The van der Waals surface area contributed by atoms with Gasteiger partial charge in [0.2, 0.25) is 5.91 Å². The Hall–Kier alpha value is -1.30. The average Bonchev–Trinajstić information content (AvgIpc) is 2.84. The summed E-state index contributed by atoms with van der Waals surface area (Å²) < 4.78 is 1.94. The van der Waals surface area contributed by atoms with E-state index in [1.54, 1.807) is 6.20 Å². The minimum atomic E-state index is 0. The van der Waals surface area contributed by atoms with Crippen LogP contribution in [0.15, 0.2) is 30.7 Å². The Morgan fingerprint density at radius 1 is 1.35 bits per heavy atom. The Labute approximate surface area is 131 Å². The number of nitrogens with zero attached hydrogens (tertiary/aromatic N) is 2. The minimum absolute atomic E-state index is 0. The topological polar surface area (TPSA) is 58.4 Å². The third-order valence-electron chi connectivity index (χ3n) is 2.78. The standard InChI is InChI=1S/C13H18N4O.2ClH/c1-14-5-2-3-13(18)16-10-11-4-7-17-8-6-15-12(17)9-11;;/h4,6-9,14H,2-3,5,10H2,1H3,(H,16,18);2*1H. The van der Waals surface area contributed by atoms with Gasteiger partial charge in [-0.25, -0.2) is 4.98 Å². The molecular weight excluding hydrogens is 299 g/mol. The summed E-state index contributed by atoms with van der Waals surface area (Å²) in [5.74, 6) is 0.0912. The van der Waals surface area contributed by atoms with E-state index in [0.717, 1.165) is 24.2 Å². The summed E-state index contributed by atoms with van der Waals surface area (Å²) in [7, 11) is 1.89. The normalized spacial score (nSPS) is 9.65. The van der Waals surface area contributed by atoms with Crippen LogP contribution in [0, 0.1) is 0 Å². The second-order valence-corrected chi connectivity index (χ2v) is 4.21. The summed E-state index contributed by atoms with van der Waals surface area (Å²) >= 11 is 0. The van der Waals surface area contributed by atoms with E-state index >= 15 is 0 Å². The molecule has 1 amide bonds. The molecule has 0 saturated carbocycles. The van der Waals surface area contributed by atoms with Gasteiger partial charge in [0.1, 0.15) is 5.65 Å². The zero-order valence-electron chi connectivity index (χ0n) is 11.3. The van der Waals surface area contributed by atoms with E-state index in [1.165, 1.54) is 0 Å². The highest BCUT2D eigenvalue weighted by Crippen LogP contribution is 2.05. The van der Waals surface area contributed by atoms with Crippen molar-refractivity contribution < 1.29 is 4.79 Å². The highest BCUT2D eigenvalue weighted by Gasteiger charge is 2.02. The molecule has 0 saturated heterocycles. The van der Waals surface area contributed by atoms with Crippen LogP contribution in [-0.4, -0.2) is 28.9 Å². The zero-order chi connectivity index (χ0) is 12.8. The molecule has 112 valence electrons. The van der Waals surface area contributed by atoms with Gasteiger partial charge in [0.25, 0.3) is 0 Å². The van der Waals surface area contributed by atoms with Crippen LogP contribution in [0.25, 0.3) is 5.65 Å². The zero-order valence-corrected chi connectivity index (χ0v) is 13.0. The number of imidazole rings is 1. The van der Waals surface area contributed by atoms with Crippen molar-refractivity contribution in [1.29, 1.82) is 0 Å². The molecule has 0 atom stereocenters. The molecule has 2 heterocycles. The highest BCUT2D eigenvalue weighted by atomic mass is 35.5. The van der Waals surface area contributed by atoms with Gasteiger partial charge in [0.05, 0.1) is 0 Å². The van der Waals surface area contributed by atoms with Crippen LogP contribution >= 0.6 is 24.8 Å². The molecule has 0 unspecified atom stereocenters. The predicted molar refractivity (Wildman–Crippen MR) is 84.7 cm³/mol. The number of halogens is 2. The number of nitrogens with one attached hydrogen (secondary N) is 2. The maximum Gasteiger partial charge on any atom is 0.220 e. The number of rotatable bonds is 6. The molecule has 0 aliphatic carbocycles. The van der Waals surface area contributed by atoms with Crippen molar-refractivity contribution in [1.82, 2.24) is 20.0 Å². The van der Waals surface area contributed by atoms with Crippen molar-refractivity contribution in [2.45, 2.75) is 19.4 Å². The van der Waals surface area contributed by atoms with Gasteiger partial charge in [-0.1, -0.05) is 0 Å². The highest BCUT2D eigenvalue weighted by molar-refractivity contribution is 5.85. The van der Waals surface area contributed by atoms with Gasteiger partial charge in [0.15, 0.2) is 0 Å². The SMILES string of the molecule is CNCCCC(=O)NCc1ccn2ccnc2c1.Cl.Cl. The second-order valence-electron chi connectivity index (χ2n) is 4.21. The van der Waals surface area contributed by atoms with Crippen LogP contribution in [0.1, 0.15) is 18.4 Å². The van der Waals surface area contributed by atoms with Gasteiger partial charge in [-0.2, -0.15) is 0 Å². The maximum absolute atomic E-state index is 11.5. The fourth-order valence-electron chi connectivity index (χ4n) is 1.78. The van der Waals surface area contributed by atoms with Gasteiger partial charge in [0, 0.05) is 31.6 Å². The maximum atomic E-state index is 11.5. The fourth-order valence-corrected chi connectivity index (χ4v) is 1.78. The monoisotopic (exact) mass is 318 g/mol. The molecule has 5 nitrogen and oxygen atoms in total. The van der Waals surface area contributed by atoms with E-state index in [-0.39, 0.29) is 30.7 Å². The molecule has 0 aromatic carbocycles. The lowest BCUT2D eigenvalue weighted by Crippen LogP contribution is -2.23. The largest absolute Gasteiger partial charge is 0.352 e. The van der Waals surface area contributed by atoms with Crippen LogP contribution < -0.4 is 10.6 Å². The first-order chi connectivity index (χ1) is 8.79. The van der Waals surface area contributed by atoms with Crippen molar-refractivity contribution in [2.24, 2.45) is 0 Å². The Bertz CT molecular complexity index is 530. The van der Waals surface area contributed by atoms with E-state index in [4.69, 9.17) is 0 Å². The first-order valence-corrected chi connectivity index (χ1v) is 6.12. The molecule has 0 aliphatic heterocycles. The van der Waals surface area contributed by atoms with Gasteiger partial charge >= 0.3 is 0 Å².